The van der Waals surface area contributed by atoms with Gasteiger partial charge in [0.05, 0.1) is 0 Å². The Labute approximate surface area is 126 Å². The second-order valence-corrected chi connectivity index (χ2v) is 6.13. The fourth-order valence-corrected chi connectivity index (χ4v) is 3.36. The molecule has 2 aromatic heterocycles. The van der Waals surface area contributed by atoms with Gasteiger partial charge in [0.15, 0.2) is 4.96 Å². The van der Waals surface area contributed by atoms with E-state index < -0.39 is 0 Å². The minimum absolute atomic E-state index is 0.00430. The zero-order chi connectivity index (χ0) is 14.8. The molecule has 0 radical (unpaired) electrons. The Balaban J connectivity index is 1.85. The molecule has 2 heterocycles. The highest BCUT2D eigenvalue weighted by Crippen LogP contribution is 2.20. The topological polar surface area (TPSA) is 63.5 Å². The van der Waals surface area contributed by atoms with Gasteiger partial charge in [-0.3, -0.25) is 14.0 Å². The number of nitrogens with one attached hydrogen (secondary N) is 1. The number of carbonyl (C=O) groups is 1. The molecule has 1 N–H and O–H groups in total. The molecular formula is C15H17N3O2S. The normalized spacial score (nSPS) is 16.5. The van der Waals surface area contributed by atoms with Gasteiger partial charge in [-0.2, -0.15) is 4.98 Å². The van der Waals surface area contributed by atoms with E-state index in [1.54, 1.807) is 10.6 Å². The number of allylic oxidation sites excluding steroid dienone is 1. The number of carbonyl (C=O) groups excluding carboxylic acids is 1. The Bertz CT molecular complexity index is 760. The first kappa shape index (κ1) is 14.0. The number of hydrogen-bond acceptors (Lipinski definition) is 4. The maximum absolute atomic E-state index is 12.4. The molecule has 0 saturated heterocycles. The molecule has 0 aliphatic heterocycles. The number of rotatable bonds is 3. The van der Waals surface area contributed by atoms with Crippen LogP contribution in [0.3, 0.4) is 0 Å². The van der Waals surface area contributed by atoms with Crippen LogP contribution < -0.4 is 10.9 Å². The molecule has 0 bridgehead atoms. The fourth-order valence-electron chi connectivity index (χ4n) is 2.64. The fraction of sp³-hybridized carbons (Fsp3) is 0.400. The third-order valence-corrected chi connectivity index (χ3v) is 4.53. The lowest BCUT2D eigenvalue weighted by atomic mass is 9.95. The van der Waals surface area contributed by atoms with E-state index in [4.69, 9.17) is 0 Å². The summed E-state index contributed by atoms with van der Waals surface area (Å²) >= 11 is 1.34. The van der Waals surface area contributed by atoms with E-state index in [0.29, 0.717) is 10.7 Å². The van der Waals surface area contributed by atoms with Crippen LogP contribution in [0.15, 0.2) is 34.1 Å². The van der Waals surface area contributed by atoms with Crippen molar-refractivity contribution in [1.82, 2.24) is 14.7 Å². The predicted octanol–water partition coefficient (Wildman–Crippen LogP) is 2.37. The second kappa shape index (κ2) is 5.81. The van der Waals surface area contributed by atoms with Crippen molar-refractivity contribution in [2.75, 3.05) is 0 Å². The highest BCUT2D eigenvalue weighted by Gasteiger charge is 2.17. The molecule has 1 aliphatic carbocycles. The SMILES string of the molecule is CC(NC(=O)c1cc(=O)nc2sccn12)C1=CCCCC1. The number of amides is 1. The third kappa shape index (κ3) is 2.90. The third-order valence-electron chi connectivity index (χ3n) is 3.78. The van der Waals surface area contributed by atoms with Crippen molar-refractivity contribution in [3.63, 3.8) is 0 Å². The van der Waals surface area contributed by atoms with Crippen molar-refractivity contribution in [2.24, 2.45) is 0 Å². The van der Waals surface area contributed by atoms with Crippen LogP contribution in [-0.4, -0.2) is 21.3 Å². The van der Waals surface area contributed by atoms with Crippen LogP contribution in [0.2, 0.25) is 0 Å². The van der Waals surface area contributed by atoms with Crippen LogP contribution in [-0.2, 0) is 0 Å². The summed E-state index contributed by atoms with van der Waals surface area (Å²) in [6.45, 7) is 1.99. The lowest BCUT2D eigenvalue weighted by Gasteiger charge is -2.21. The molecule has 0 fully saturated rings. The molecule has 5 nitrogen and oxygen atoms in total. The van der Waals surface area contributed by atoms with Crippen LogP contribution in [0.25, 0.3) is 4.96 Å². The van der Waals surface area contributed by atoms with Gasteiger partial charge in [0, 0.05) is 23.7 Å². The van der Waals surface area contributed by atoms with E-state index in [-0.39, 0.29) is 17.5 Å². The maximum Gasteiger partial charge on any atom is 0.274 e. The summed E-state index contributed by atoms with van der Waals surface area (Å²) in [5.41, 5.74) is 1.24. The quantitative estimate of drug-likeness (QED) is 0.885. The molecule has 2 aromatic rings. The van der Waals surface area contributed by atoms with E-state index in [1.165, 1.54) is 35.8 Å². The van der Waals surface area contributed by atoms with Crippen molar-refractivity contribution < 1.29 is 4.79 Å². The van der Waals surface area contributed by atoms with Crippen LogP contribution >= 0.6 is 11.3 Å². The monoisotopic (exact) mass is 303 g/mol. The molecule has 0 aromatic carbocycles. The highest BCUT2D eigenvalue weighted by atomic mass is 32.1. The Morgan fingerprint density at radius 2 is 2.33 bits per heavy atom. The molecule has 1 atom stereocenters. The highest BCUT2D eigenvalue weighted by molar-refractivity contribution is 7.15. The van der Waals surface area contributed by atoms with Crippen LogP contribution in [0.5, 0.6) is 0 Å². The average molecular weight is 303 g/mol. The van der Waals surface area contributed by atoms with Gasteiger partial charge in [-0.05, 0) is 32.6 Å². The Morgan fingerprint density at radius 3 is 3.10 bits per heavy atom. The number of fused-ring (bicyclic) bond motifs is 1. The summed E-state index contributed by atoms with van der Waals surface area (Å²) in [5, 5.41) is 4.80. The Kier molecular flexibility index (Phi) is 3.88. The van der Waals surface area contributed by atoms with E-state index in [0.717, 1.165) is 12.8 Å². The van der Waals surface area contributed by atoms with Crippen molar-refractivity contribution in [3.05, 3.63) is 45.3 Å². The zero-order valence-corrected chi connectivity index (χ0v) is 12.7. The molecule has 6 heteroatoms. The van der Waals surface area contributed by atoms with Gasteiger partial charge in [-0.25, -0.2) is 0 Å². The Hall–Kier alpha value is -1.95. The summed E-state index contributed by atoms with van der Waals surface area (Å²) < 4.78 is 1.66. The van der Waals surface area contributed by atoms with E-state index in [9.17, 15) is 9.59 Å². The first-order valence-electron chi connectivity index (χ1n) is 7.12. The molecule has 1 aliphatic rings. The number of aromatic nitrogens is 2. The number of hydrogen-bond donors (Lipinski definition) is 1. The molecule has 110 valence electrons. The molecule has 1 unspecified atom stereocenters. The smallest absolute Gasteiger partial charge is 0.274 e. The van der Waals surface area contributed by atoms with Gasteiger partial charge in [0.25, 0.3) is 11.5 Å². The lowest BCUT2D eigenvalue weighted by Crippen LogP contribution is -2.36. The van der Waals surface area contributed by atoms with Gasteiger partial charge in [0.1, 0.15) is 5.69 Å². The molecule has 0 saturated carbocycles. The van der Waals surface area contributed by atoms with E-state index >= 15 is 0 Å². The van der Waals surface area contributed by atoms with Crippen LogP contribution in [0.4, 0.5) is 0 Å². The predicted molar refractivity (Wildman–Crippen MR) is 82.8 cm³/mol. The molecular weight excluding hydrogens is 286 g/mol. The molecule has 3 rings (SSSR count). The van der Waals surface area contributed by atoms with Gasteiger partial charge in [0.2, 0.25) is 0 Å². The standard InChI is InChI=1S/C15H17N3O2S/c1-10(11-5-3-2-4-6-11)16-14(20)12-9-13(19)17-15-18(12)7-8-21-15/h5,7-10H,2-4,6H2,1H3,(H,16,20). The largest absolute Gasteiger partial charge is 0.345 e. The van der Waals surface area contributed by atoms with Gasteiger partial charge in [-0.1, -0.05) is 11.6 Å². The zero-order valence-electron chi connectivity index (χ0n) is 11.8. The first-order chi connectivity index (χ1) is 10.1. The van der Waals surface area contributed by atoms with Crippen molar-refractivity contribution in [2.45, 2.75) is 38.6 Å². The second-order valence-electron chi connectivity index (χ2n) is 5.26. The van der Waals surface area contributed by atoms with Crippen molar-refractivity contribution >= 4 is 22.2 Å². The summed E-state index contributed by atoms with van der Waals surface area (Å²) in [5.74, 6) is -0.234. The first-order valence-corrected chi connectivity index (χ1v) is 8.00. The number of thiazole rings is 1. The molecule has 21 heavy (non-hydrogen) atoms. The number of nitrogens with zero attached hydrogens (tertiary/aromatic N) is 2. The summed E-state index contributed by atoms with van der Waals surface area (Å²) in [4.78, 5) is 28.4. The summed E-state index contributed by atoms with van der Waals surface area (Å²) in [6.07, 6.45) is 8.48. The average Bonchev–Trinajstić information content (AvgIpc) is 2.95. The molecule has 1 amide bonds. The van der Waals surface area contributed by atoms with Gasteiger partial charge >= 0.3 is 0 Å². The van der Waals surface area contributed by atoms with Crippen molar-refractivity contribution in [3.8, 4) is 0 Å². The summed E-state index contributed by atoms with van der Waals surface area (Å²) in [7, 11) is 0. The van der Waals surface area contributed by atoms with Gasteiger partial charge < -0.3 is 5.32 Å². The maximum atomic E-state index is 12.4. The van der Waals surface area contributed by atoms with Crippen LogP contribution in [0, 0.1) is 0 Å². The minimum Gasteiger partial charge on any atom is -0.345 e. The van der Waals surface area contributed by atoms with Crippen LogP contribution in [0.1, 0.15) is 43.1 Å². The Morgan fingerprint density at radius 1 is 1.48 bits per heavy atom. The lowest BCUT2D eigenvalue weighted by molar-refractivity contribution is 0.0938. The van der Waals surface area contributed by atoms with Gasteiger partial charge in [-0.15, -0.1) is 11.3 Å². The summed E-state index contributed by atoms with van der Waals surface area (Å²) in [6, 6.07) is 1.28. The van der Waals surface area contributed by atoms with Crippen molar-refractivity contribution in [1.29, 1.82) is 0 Å². The van der Waals surface area contributed by atoms with E-state index in [2.05, 4.69) is 16.4 Å². The molecule has 0 spiro atoms. The van der Waals surface area contributed by atoms with E-state index in [1.807, 2.05) is 12.3 Å². The minimum atomic E-state index is -0.382.